The Morgan fingerprint density at radius 1 is 1.14 bits per heavy atom. The lowest BCUT2D eigenvalue weighted by atomic mass is 10.2. The van der Waals surface area contributed by atoms with E-state index in [1.54, 1.807) is 23.5 Å². The van der Waals surface area contributed by atoms with Gasteiger partial charge in [-0.2, -0.15) is 0 Å². The molecule has 0 radical (unpaired) electrons. The van der Waals surface area contributed by atoms with Crippen LogP contribution >= 0.6 is 22.7 Å². The summed E-state index contributed by atoms with van der Waals surface area (Å²) in [6.45, 7) is 0. The summed E-state index contributed by atoms with van der Waals surface area (Å²) in [7, 11) is -3.77. The molecule has 0 aliphatic rings. The Balaban J connectivity index is 1.92. The zero-order chi connectivity index (χ0) is 15.0. The maximum absolute atomic E-state index is 12.2. The topological polar surface area (TPSA) is 83.5 Å². The van der Waals surface area contributed by atoms with Crippen molar-refractivity contribution in [3.8, 4) is 0 Å². The molecule has 3 rings (SSSR count). The normalized spacial score (nSPS) is 11.6. The minimum absolute atomic E-state index is 0.0229. The van der Waals surface area contributed by atoms with Crippen LogP contribution in [0.5, 0.6) is 0 Å². The summed E-state index contributed by atoms with van der Waals surface area (Å²) < 4.78 is 28.0. The molecule has 0 atom stereocenters. The highest BCUT2D eigenvalue weighted by Crippen LogP contribution is 2.27. The van der Waals surface area contributed by atoms with Crippen molar-refractivity contribution in [1.29, 1.82) is 0 Å². The number of carbonyl (C=O) groups is 1. The van der Waals surface area contributed by atoms with Gasteiger partial charge in [0, 0.05) is 15.8 Å². The van der Waals surface area contributed by atoms with Gasteiger partial charge >= 0.3 is 5.97 Å². The number of rotatable bonds is 4. The lowest BCUT2D eigenvalue weighted by Gasteiger charge is -2.06. The number of hydrogen-bond donors (Lipinski definition) is 2. The average Bonchev–Trinajstić information content (AvgIpc) is 3.07. The highest BCUT2D eigenvalue weighted by molar-refractivity contribution is 7.94. The minimum Gasteiger partial charge on any atom is -0.478 e. The number of hydrogen-bond acceptors (Lipinski definition) is 5. The predicted octanol–water partition coefficient (Wildman–Crippen LogP) is 3.46. The van der Waals surface area contributed by atoms with Crippen molar-refractivity contribution in [2.75, 3.05) is 4.72 Å². The Labute approximate surface area is 128 Å². The van der Waals surface area contributed by atoms with Gasteiger partial charge in [-0.1, -0.05) is 0 Å². The SMILES string of the molecule is O=C(O)c1csc(S(=O)(=O)Nc2ccc3sccc3c2)c1. The van der Waals surface area contributed by atoms with Gasteiger partial charge in [0.25, 0.3) is 10.0 Å². The van der Waals surface area contributed by atoms with E-state index in [1.165, 1.54) is 5.38 Å². The van der Waals surface area contributed by atoms with Crippen LogP contribution in [0.4, 0.5) is 5.69 Å². The lowest BCUT2D eigenvalue weighted by Crippen LogP contribution is -2.11. The molecule has 0 saturated heterocycles. The molecule has 0 amide bonds. The second kappa shape index (κ2) is 5.14. The number of nitrogens with one attached hydrogen (secondary N) is 1. The van der Waals surface area contributed by atoms with Gasteiger partial charge in [-0.25, -0.2) is 13.2 Å². The van der Waals surface area contributed by atoms with Gasteiger partial charge < -0.3 is 5.11 Å². The second-order valence-electron chi connectivity index (χ2n) is 4.24. The van der Waals surface area contributed by atoms with Crippen molar-refractivity contribution in [3.05, 3.63) is 46.7 Å². The molecule has 0 fully saturated rings. The van der Waals surface area contributed by atoms with Gasteiger partial charge in [-0.15, -0.1) is 22.7 Å². The number of aromatic carboxylic acids is 1. The van der Waals surface area contributed by atoms with Crippen LogP contribution in [0.3, 0.4) is 0 Å². The van der Waals surface area contributed by atoms with Gasteiger partial charge in [0.15, 0.2) is 0 Å². The standard InChI is InChI=1S/C13H9NO4S3/c15-13(16)9-6-12(20-7-9)21(17,18)14-10-1-2-11-8(5-10)3-4-19-11/h1-7,14H,(H,15,16). The Kier molecular flexibility index (Phi) is 3.44. The molecule has 1 aromatic carbocycles. The third-order valence-corrected chi connectivity index (χ3v) is 6.51. The quantitative estimate of drug-likeness (QED) is 0.762. The Morgan fingerprint density at radius 2 is 1.95 bits per heavy atom. The summed E-state index contributed by atoms with van der Waals surface area (Å²) in [6, 6.07) is 8.33. The van der Waals surface area contributed by atoms with Crippen LogP contribution in [0.1, 0.15) is 10.4 Å². The van der Waals surface area contributed by atoms with Crippen molar-refractivity contribution in [3.63, 3.8) is 0 Å². The largest absolute Gasteiger partial charge is 0.478 e. The fourth-order valence-electron chi connectivity index (χ4n) is 1.81. The van der Waals surface area contributed by atoms with Crippen LogP contribution in [0, 0.1) is 0 Å². The maximum Gasteiger partial charge on any atom is 0.336 e. The number of fused-ring (bicyclic) bond motifs is 1. The molecule has 8 heteroatoms. The third-order valence-electron chi connectivity index (χ3n) is 2.79. The molecule has 0 aliphatic heterocycles. The molecule has 2 N–H and O–H groups in total. The molecule has 0 saturated carbocycles. The summed E-state index contributed by atoms with van der Waals surface area (Å²) in [5.41, 5.74) is 0.417. The summed E-state index contributed by atoms with van der Waals surface area (Å²) in [4.78, 5) is 10.8. The van der Waals surface area contributed by atoms with Gasteiger partial charge in [0.2, 0.25) is 0 Å². The molecular weight excluding hydrogens is 330 g/mol. The van der Waals surface area contributed by atoms with E-state index in [0.717, 1.165) is 27.5 Å². The van der Waals surface area contributed by atoms with Gasteiger partial charge in [-0.3, -0.25) is 4.72 Å². The molecule has 0 aliphatic carbocycles. The maximum atomic E-state index is 12.2. The zero-order valence-electron chi connectivity index (χ0n) is 10.4. The molecule has 0 bridgehead atoms. The van der Waals surface area contributed by atoms with E-state index in [1.807, 2.05) is 17.5 Å². The Morgan fingerprint density at radius 3 is 2.67 bits per heavy atom. The van der Waals surface area contributed by atoms with Gasteiger partial charge in [-0.05, 0) is 41.1 Å². The summed E-state index contributed by atoms with van der Waals surface area (Å²) >= 11 is 2.46. The lowest BCUT2D eigenvalue weighted by molar-refractivity contribution is 0.0697. The fraction of sp³-hybridized carbons (Fsp3) is 0. The predicted molar refractivity (Wildman–Crippen MR) is 83.9 cm³/mol. The van der Waals surface area contributed by atoms with Crippen molar-refractivity contribution in [2.24, 2.45) is 0 Å². The average molecular weight is 339 g/mol. The van der Waals surface area contributed by atoms with Crippen LogP contribution in [0.25, 0.3) is 10.1 Å². The van der Waals surface area contributed by atoms with E-state index >= 15 is 0 Å². The number of benzene rings is 1. The first-order chi connectivity index (χ1) is 9.95. The molecule has 21 heavy (non-hydrogen) atoms. The monoisotopic (exact) mass is 339 g/mol. The zero-order valence-corrected chi connectivity index (χ0v) is 12.9. The van der Waals surface area contributed by atoms with Crippen molar-refractivity contribution >= 4 is 54.4 Å². The third kappa shape index (κ3) is 2.78. The van der Waals surface area contributed by atoms with E-state index in [2.05, 4.69) is 4.72 Å². The molecule has 2 aromatic heterocycles. The Hall–Kier alpha value is -1.90. The Bertz CT molecular complexity index is 924. The minimum atomic E-state index is -3.77. The summed E-state index contributed by atoms with van der Waals surface area (Å²) in [6.07, 6.45) is 0. The number of thiophene rings is 2. The fourth-order valence-corrected chi connectivity index (χ4v) is 4.78. The molecule has 3 aromatic rings. The highest BCUT2D eigenvalue weighted by Gasteiger charge is 2.19. The summed E-state index contributed by atoms with van der Waals surface area (Å²) in [5.74, 6) is -1.15. The van der Waals surface area contributed by atoms with Crippen LogP contribution in [0.15, 0.2) is 45.3 Å². The number of carboxylic acid groups (broad SMARTS) is 1. The van der Waals surface area contributed by atoms with E-state index in [9.17, 15) is 13.2 Å². The van der Waals surface area contributed by atoms with E-state index in [4.69, 9.17) is 5.11 Å². The van der Waals surface area contributed by atoms with Crippen LogP contribution in [-0.2, 0) is 10.0 Å². The molecule has 0 unspecified atom stereocenters. The van der Waals surface area contributed by atoms with E-state index < -0.39 is 16.0 Å². The van der Waals surface area contributed by atoms with Crippen molar-refractivity contribution < 1.29 is 18.3 Å². The smallest absolute Gasteiger partial charge is 0.336 e. The molecule has 2 heterocycles. The molecule has 5 nitrogen and oxygen atoms in total. The molecular formula is C13H9NO4S3. The summed E-state index contributed by atoms with van der Waals surface area (Å²) in [5, 5.41) is 13.0. The van der Waals surface area contributed by atoms with Crippen LogP contribution in [0.2, 0.25) is 0 Å². The first-order valence-electron chi connectivity index (χ1n) is 5.78. The van der Waals surface area contributed by atoms with Crippen molar-refractivity contribution in [2.45, 2.75) is 4.21 Å². The highest BCUT2D eigenvalue weighted by atomic mass is 32.2. The van der Waals surface area contributed by atoms with Crippen LogP contribution in [-0.4, -0.2) is 19.5 Å². The molecule has 0 spiro atoms. The van der Waals surface area contributed by atoms with E-state index in [-0.39, 0.29) is 9.77 Å². The van der Waals surface area contributed by atoms with Crippen LogP contribution < -0.4 is 4.72 Å². The second-order valence-corrected chi connectivity index (χ2v) is 8.01. The number of sulfonamides is 1. The number of anilines is 1. The van der Waals surface area contributed by atoms with Gasteiger partial charge in [0.1, 0.15) is 4.21 Å². The molecule has 108 valence electrons. The van der Waals surface area contributed by atoms with Gasteiger partial charge in [0.05, 0.1) is 5.56 Å². The number of carboxylic acids is 1. The first kappa shape index (κ1) is 14.1. The van der Waals surface area contributed by atoms with Crippen molar-refractivity contribution in [1.82, 2.24) is 0 Å². The first-order valence-corrected chi connectivity index (χ1v) is 9.02. The van der Waals surface area contributed by atoms with E-state index in [0.29, 0.717) is 5.69 Å².